The van der Waals surface area contributed by atoms with Gasteiger partial charge in [-0.15, -0.1) is 0 Å². The molecule has 1 aromatic rings. The molecule has 2 aliphatic heterocycles. The SMILES string of the molecule is COc1cc2c(cc1CN1CC[C@]3(OC)CC[C@H](OCCO)C[C@H]13)OCO2. The maximum absolute atomic E-state index is 9.07. The van der Waals surface area contributed by atoms with E-state index in [9.17, 15) is 0 Å². The average molecular weight is 379 g/mol. The van der Waals surface area contributed by atoms with Crippen LogP contribution in [0.4, 0.5) is 0 Å². The lowest BCUT2D eigenvalue weighted by molar-refractivity contribution is -0.104. The number of aliphatic hydroxyl groups excluding tert-OH is 1. The molecule has 3 aliphatic rings. The maximum atomic E-state index is 9.07. The number of rotatable bonds is 7. The summed E-state index contributed by atoms with van der Waals surface area (Å²) in [5.41, 5.74) is 0.981. The molecule has 0 radical (unpaired) electrons. The van der Waals surface area contributed by atoms with Gasteiger partial charge in [-0.3, -0.25) is 4.90 Å². The smallest absolute Gasteiger partial charge is 0.231 e. The summed E-state index contributed by atoms with van der Waals surface area (Å²) < 4.78 is 28.5. The summed E-state index contributed by atoms with van der Waals surface area (Å²) in [5, 5.41) is 9.07. The molecule has 3 atom stereocenters. The monoisotopic (exact) mass is 379 g/mol. The van der Waals surface area contributed by atoms with Gasteiger partial charge in [0.2, 0.25) is 6.79 Å². The first-order valence-corrected chi connectivity index (χ1v) is 9.67. The highest BCUT2D eigenvalue weighted by Gasteiger charge is 2.51. The summed E-state index contributed by atoms with van der Waals surface area (Å²) in [6.45, 7) is 2.46. The van der Waals surface area contributed by atoms with Crippen molar-refractivity contribution in [2.45, 2.75) is 50.0 Å². The van der Waals surface area contributed by atoms with Crippen molar-refractivity contribution < 1.29 is 28.8 Å². The number of fused-ring (bicyclic) bond motifs is 2. The first-order chi connectivity index (χ1) is 13.2. The Hall–Kier alpha value is -1.54. The van der Waals surface area contributed by atoms with Crippen LogP contribution in [-0.4, -0.2) is 68.5 Å². The Bertz CT molecular complexity index is 668. The summed E-state index contributed by atoms with van der Waals surface area (Å²) in [5.74, 6) is 2.33. The van der Waals surface area contributed by atoms with Crippen LogP contribution in [0.15, 0.2) is 12.1 Å². The highest BCUT2D eigenvalue weighted by molar-refractivity contribution is 5.51. The zero-order valence-electron chi connectivity index (χ0n) is 16.1. The number of aliphatic hydroxyl groups is 1. The minimum Gasteiger partial charge on any atom is -0.496 e. The summed E-state index contributed by atoms with van der Waals surface area (Å²) in [6, 6.07) is 4.22. The van der Waals surface area contributed by atoms with Crippen molar-refractivity contribution in [1.82, 2.24) is 4.90 Å². The number of hydrogen-bond donors (Lipinski definition) is 1. The molecule has 2 fully saturated rings. The lowest BCUT2D eigenvalue weighted by Crippen LogP contribution is -2.51. The molecule has 27 heavy (non-hydrogen) atoms. The third kappa shape index (κ3) is 3.49. The van der Waals surface area contributed by atoms with Gasteiger partial charge in [0.15, 0.2) is 11.5 Å². The number of nitrogens with zero attached hydrogens (tertiary/aromatic N) is 1. The molecule has 4 rings (SSSR count). The van der Waals surface area contributed by atoms with Crippen LogP contribution in [-0.2, 0) is 16.0 Å². The molecule has 7 heteroatoms. The quantitative estimate of drug-likeness (QED) is 0.776. The number of likely N-dealkylation sites (tertiary alicyclic amines) is 1. The van der Waals surface area contributed by atoms with Gasteiger partial charge in [-0.2, -0.15) is 0 Å². The minimum absolute atomic E-state index is 0.0642. The normalized spacial score (nSPS) is 29.7. The molecule has 7 nitrogen and oxygen atoms in total. The third-order valence-electron chi connectivity index (χ3n) is 6.25. The van der Waals surface area contributed by atoms with Crippen LogP contribution in [0, 0.1) is 0 Å². The van der Waals surface area contributed by atoms with E-state index in [0.717, 1.165) is 61.6 Å². The average Bonchev–Trinajstić information content (AvgIpc) is 3.30. The minimum atomic E-state index is -0.108. The fourth-order valence-electron chi connectivity index (χ4n) is 4.81. The Kier molecular flexibility index (Phi) is 5.45. The molecule has 0 aromatic heterocycles. The van der Waals surface area contributed by atoms with E-state index in [1.807, 2.05) is 19.2 Å². The van der Waals surface area contributed by atoms with Gasteiger partial charge in [0.25, 0.3) is 0 Å². The molecule has 0 unspecified atom stereocenters. The lowest BCUT2D eigenvalue weighted by atomic mass is 9.79. The molecular formula is C20H29NO6. The van der Waals surface area contributed by atoms with Crippen LogP contribution in [0.1, 0.15) is 31.2 Å². The molecule has 1 saturated carbocycles. The van der Waals surface area contributed by atoms with Gasteiger partial charge in [-0.05, 0) is 31.7 Å². The second-order valence-electron chi connectivity index (χ2n) is 7.51. The standard InChI is InChI=1S/C20H29NO6/c1-23-16-11-18-17(26-13-27-18)9-14(16)12-21-6-5-20(24-2)4-3-15(10-19(20)21)25-8-7-22/h9,11,15,19,22H,3-8,10,12-13H2,1-2H3/t15-,19-,20+/m0/s1. The molecule has 1 saturated heterocycles. The van der Waals surface area contributed by atoms with Gasteiger partial charge in [0.1, 0.15) is 5.75 Å². The predicted octanol–water partition coefficient (Wildman–Crippen LogP) is 1.94. The first kappa shape index (κ1) is 18.8. The van der Waals surface area contributed by atoms with Gasteiger partial charge in [-0.25, -0.2) is 0 Å². The van der Waals surface area contributed by atoms with E-state index in [0.29, 0.717) is 6.61 Å². The topological polar surface area (TPSA) is 69.6 Å². The highest BCUT2D eigenvalue weighted by atomic mass is 16.7. The fourth-order valence-corrected chi connectivity index (χ4v) is 4.81. The van der Waals surface area contributed by atoms with Crippen molar-refractivity contribution in [3.8, 4) is 17.2 Å². The zero-order chi connectivity index (χ0) is 18.9. The highest BCUT2D eigenvalue weighted by Crippen LogP contribution is 2.45. The number of ether oxygens (including phenoxy) is 5. The van der Waals surface area contributed by atoms with Crippen LogP contribution in [0.2, 0.25) is 0 Å². The van der Waals surface area contributed by atoms with Gasteiger partial charge in [0.05, 0.1) is 32.0 Å². The van der Waals surface area contributed by atoms with Crippen molar-refractivity contribution >= 4 is 0 Å². The van der Waals surface area contributed by atoms with E-state index in [-0.39, 0.29) is 31.1 Å². The Labute approximate surface area is 160 Å². The number of methoxy groups -OCH3 is 2. The molecule has 0 bridgehead atoms. The second kappa shape index (κ2) is 7.83. The largest absolute Gasteiger partial charge is 0.496 e. The summed E-state index contributed by atoms with van der Waals surface area (Å²) in [6.07, 6.45) is 4.07. The van der Waals surface area contributed by atoms with E-state index in [1.165, 1.54) is 0 Å². The summed E-state index contributed by atoms with van der Waals surface area (Å²) >= 11 is 0. The van der Waals surface area contributed by atoms with E-state index >= 15 is 0 Å². The van der Waals surface area contributed by atoms with Crippen molar-refractivity contribution in [2.75, 3.05) is 40.8 Å². The molecule has 1 aromatic carbocycles. The maximum Gasteiger partial charge on any atom is 0.231 e. The van der Waals surface area contributed by atoms with Crippen molar-refractivity contribution in [1.29, 1.82) is 0 Å². The molecule has 1 aliphatic carbocycles. The molecule has 150 valence electrons. The second-order valence-corrected chi connectivity index (χ2v) is 7.51. The van der Waals surface area contributed by atoms with Crippen molar-refractivity contribution in [2.24, 2.45) is 0 Å². The van der Waals surface area contributed by atoms with Crippen LogP contribution < -0.4 is 14.2 Å². The molecule has 1 N–H and O–H groups in total. The van der Waals surface area contributed by atoms with Crippen LogP contribution in [0.5, 0.6) is 17.2 Å². The van der Waals surface area contributed by atoms with Gasteiger partial charge >= 0.3 is 0 Å². The Morgan fingerprint density at radius 2 is 2.04 bits per heavy atom. The predicted molar refractivity (Wildman–Crippen MR) is 98.3 cm³/mol. The molecule has 0 spiro atoms. The summed E-state index contributed by atoms with van der Waals surface area (Å²) in [4.78, 5) is 2.47. The lowest BCUT2D eigenvalue weighted by Gasteiger charge is -2.43. The molecule has 0 amide bonds. The zero-order valence-corrected chi connectivity index (χ0v) is 16.1. The van der Waals surface area contributed by atoms with Gasteiger partial charge in [0, 0.05) is 37.9 Å². The van der Waals surface area contributed by atoms with Gasteiger partial charge < -0.3 is 28.8 Å². The number of hydrogen-bond acceptors (Lipinski definition) is 7. The molecule has 2 heterocycles. The van der Waals surface area contributed by atoms with Crippen molar-refractivity contribution in [3.05, 3.63) is 17.7 Å². The third-order valence-corrected chi connectivity index (χ3v) is 6.25. The van der Waals surface area contributed by atoms with E-state index in [2.05, 4.69) is 4.90 Å². The Morgan fingerprint density at radius 1 is 1.22 bits per heavy atom. The Morgan fingerprint density at radius 3 is 2.78 bits per heavy atom. The van der Waals surface area contributed by atoms with E-state index < -0.39 is 0 Å². The van der Waals surface area contributed by atoms with Crippen molar-refractivity contribution in [3.63, 3.8) is 0 Å². The Balaban J connectivity index is 1.53. The van der Waals surface area contributed by atoms with Gasteiger partial charge in [-0.1, -0.05) is 0 Å². The summed E-state index contributed by atoms with van der Waals surface area (Å²) in [7, 11) is 3.51. The molecular weight excluding hydrogens is 350 g/mol. The fraction of sp³-hybridized carbons (Fsp3) is 0.700. The first-order valence-electron chi connectivity index (χ1n) is 9.67. The number of benzene rings is 1. The van der Waals surface area contributed by atoms with Crippen LogP contribution in [0.3, 0.4) is 0 Å². The van der Waals surface area contributed by atoms with E-state index in [4.69, 9.17) is 28.8 Å². The van der Waals surface area contributed by atoms with Crippen LogP contribution >= 0.6 is 0 Å². The van der Waals surface area contributed by atoms with E-state index in [1.54, 1.807) is 7.11 Å². The van der Waals surface area contributed by atoms with Crippen LogP contribution in [0.25, 0.3) is 0 Å².